The molecule has 0 atom stereocenters. The topological polar surface area (TPSA) is 50.2 Å². The molecule has 1 N–H and O–H groups in total. The lowest BCUT2D eigenvalue weighted by molar-refractivity contribution is -0.00236. The fraction of sp³-hybridized carbons (Fsp3) is 0.500. The minimum absolute atomic E-state index is 0.201. The van der Waals surface area contributed by atoms with Crippen molar-refractivity contribution in [3.05, 3.63) is 41.6 Å². The summed E-state index contributed by atoms with van der Waals surface area (Å²) in [5, 5.41) is 10.6. The maximum atomic E-state index is 11.5. The lowest BCUT2D eigenvalue weighted by Gasteiger charge is -2.54. The summed E-state index contributed by atoms with van der Waals surface area (Å²) >= 11 is 0. The Morgan fingerprint density at radius 2 is 1.65 bits per heavy atom. The summed E-state index contributed by atoms with van der Waals surface area (Å²) in [6.07, 6.45) is 6.82. The Kier molecular flexibility index (Phi) is 2.82. The van der Waals surface area contributed by atoms with E-state index in [1.807, 2.05) is 24.3 Å². The molecule has 1 aromatic carbocycles. The first-order valence-electron chi connectivity index (χ1n) is 8.82. The molecule has 4 aliphatic rings. The third-order valence-corrected chi connectivity index (χ3v) is 6.55. The second-order valence-corrected chi connectivity index (χ2v) is 7.88. The smallest absolute Gasteiger partial charge is 0.354 e. The van der Waals surface area contributed by atoms with Crippen LogP contribution in [0, 0.1) is 23.7 Å². The van der Waals surface area contributed by atoms with Crippen molar-refractivity contribution >= 4 is 16.9 Å². The molecule has 0 aliphatic heterocycles. The molecule has 0 saturated heterocycles. The fourth-order valence-electron chi connectivity index (χ4n) is 6.02. The molecule has 1 aromatic heterocycles. The number of pyridine rings is 1. The number of hydrogen-bond acceptors (Lipinski definition) is 2. The molecule has 0 unspecified atom stereocenters. The van der Waals surface area contributed by atoms with E-state index in [0.29, 0.717) is 5.92 Å². The van der Waals surface area contributed by atoms with Gasteiger partial charge >= 0.3 is 5.97 Å². The van der Waals surface area contributed by atoms with Crippen LogP contribution in [0.4, 0.5) is 0 Å². The van der Waals surface area contributed by atoms with Crippen LogP contribution < -0.4 is 0 Å². The average Bonchev–Trinajstić information content (AvgIpc) is 2.53. The summed E-state index contributed by atoms with van der Waals surface area (Å²) in [6, 6.07) is 9.93. The van der Waals surface area contributed by atoms with Crippen LogP contribution in [0.1, 0.15) is 54.1 Å². The van der Waals surface area contributed by atoms with E-state index in [1.165, 1.54) is 37.7 Å². The Bertz CT molecular complexity index is 769. The second-order valence-electron chi connectivity index (χ2n) is 7.88. The number of benzene rings is 1. The van der Waals surface area contributed by atoms with Gasteiger partial charge in [-0.1, -0.05) is 18.2 Å². The maximum absolute atomic E-state index is 11.5. The molecule has 4 fully saturated rings. The van der Waals surface area contributed by atoms with Crippen molar-refractivity contribution in [3.8, 4) is 0 Å². The molecule has 1 heterocycles. The molecule has 23 heavy (non-hydrogen) atoms. The van der Waals surface area contributed by atoms with E-state index in [1.54, 1.807) is 0 Å². The number of rotatable bonds is 2. The largest absolute Gasteiger partial charge is 0.477 e. The molecular weight excluding hydrogens is 286 g/mol. The quantitative estimate of drug-likeness (QED) is 0.890. The van der Waals surface area contributed by atoms with Gasteiger partial charge < -0.3 is 5.11 Å². The Balaban J connectivity index is 1.68. The number of carboxylic acids is 1. The van der Waals surface area contributed by atoms with Crippen LogP contribution in [0.5, 0.6) is 0 Å². The van der Waals surface area contributed by atoms with Crippen LogP contribution in [-0.2, 0) is 0 Å². The van der Waals surface area contributed by atoms with Crippen molar-refractivity contribution in [1.82, 2.24) is 4.98 Å². The summed E-state index contributed by atoms with van der Waals surface area (Å²) < 4.78 is 0. The zero-order valence-electron chi connectivity index (χ0n) is 13.1. The molecular formula is C20H21NO2. The Morgan fingerprint density at radius 1 is 1.00 bits per heavy atom. The van der Waals surface area contributed by atoms with Crippen LogP contribution in [0.15, 0.2) is 30.3 Å². The van der Waals surface area contributed by atoms with Gasteiger partial charge in [-0.3, -0.25) is 0 Å². The molecule has 2 aromatic rings. The lowest BCUT2D eigenvalue weighted by Crippen LogP contribution is -2.43. The number of nitrogens with zero attached hydrogens (tertiary/aromatic N) is 1. The Hall–Kier alpha value is -1.90. The first-order valence-corrected chi connectivity index (χ1v) is 8.82. The van der Waals surface area contributed by atoms with Crippen LogP contribution in [0.2, 0.25) is 0 Å². The first-order chi connectivity index (χ1) is 11.2. The minimum atomic E-state index is -0.916. The average molecular weight is 307 g/mol. The van der Waals surface area contributed by atoms with Gasteiger partial charge in [-0.05, 0) is 79.4 Å². The van der Waals surface area contributed by atoms with E-state index >= 15 is 0 Å². The molecule has 6 rings (SSSR count). The van der Waals surface area contributed by atoms with E-state index in [4.69, 9.17) is 0 Å². The van der Waals surface area contributed by atoms with Gasteiger partial charge in [-0.15, -0.1) is 0 Å². The number of fused-ring (bicyclic) bond motifs is 1. The van der Waals surface area contributed by atoms with Gasteiger partial charge in [0.2, 0.25) is 0 Å². The highest BCUT2D eigenvalue weighted by Gasteiger charge is 2.49. The first kappa shape index (κ1) is 13.5. The fourth-order valence-corrected chi connectivity index (χ4v) is 6.02. The van der Waals surface area contributed by atoms with Gasteiger partial charge in [0, 0.05) is 5.39 Å². The highest BCUT2D eigenvalue weighted by atomic mass is 16.4. The molecule has 0 spiro atoms. The van der Waals surface area contributed by atoms with Gasteiger partial charge in [0.15, 0.2) is 0 Å². The molecule has 0 amide bonds. The van der Waals surface area contributed by atoms with E-state index in [-0.39, 0.29) is 5.69 Å². The molecule has 4 bridgehead atoms. The van der Waals surface area contributed by atoms with E-state index < -0.39 is 5.97 Å². The number of aromatic carboxylic acids is 1. The SMILES string of the molecule is O=C(O)c1cc(C2C3CC4CC(C3)CC2C4)c2ccccc2n1. The van der Waals surface area contributed by atoms with Crippen molar-refractivity contribution in [3.63, 3.8) is 0 Å². The highest BCUT2D eigenvalue weighted by molar-refractivity contribution is 5.91. The lowest BCUT2D eigenvalue weighted by atomic mass is 9.50. The highest BCUT2D eigenvalue weighted by Crippen LogP contribution is 2.60. The molecule has 4 saturated carbocycles. The summed E-state index contributed by atoms with van der Waals surface area (Å²) in [7, 11) is 0. The number of hydrogen-bond donors (Lipinski definition) is 1. The van der Waals surface area contributed by atoms with Crippen LogP contribution >= 0.6 is 0 Å². The van der Waals surface area contributed by atoms with Gasteiger partial charge in [0.1, 0.15) is 5.69 Å². The third-order valence-electron chi connectivity index (χ3n) is 6.55. The zero-order chi connectivity index (χ0) is 15.6. The summed E-state index contributed by atoms with van der Waals surface area (Å²) in [6.45, 7) is 0. The van der Waals surface area contributed by atoms with Crippen molar-refractivity contribution in [2.24, 2.45) is 23.7 Å². The third kappa shape index (κ3) is 2.02. The summed E-state index contributed by atoms with van der Waals surface area (Å²) in [4.78, 5) is 15.9. The maximum Gasteiger partial charge on any atom is 0.354 e. The van der Waals surface area contributed by atoms with Crippen molar-refractivity contribution in [2.45, 2.75) is 38.0 Å². The summed E-state index contributed by atoms with van der Waals surface area (Å²) in [5.41, 5.74) is 2.28. The van der Waals surface area contributed by atoms with Gasteiger partial charge in [0.05, 0.1) is 5.52 Å². The Labute approximate surface area is 135 Å². The minimum Gasteiger partial charge on any atom is -0.477 e. The molecule has 4 aliphatic carbocycles. The summed E-state index contributed by atoms with van der Waals surface area (Å²) in [5.74, 6) is 2.98. The normalized spacial score (nSPS) is 34.9. The van der Waals surface area contributed by atoms with Crippen molar-refractivity contribution < 1.29 is 9.90 Å². The predicted molar refractivity (Wildman–Crippen MR) is 88.5 cm³/mol. The van der Waals surface area contributed by atoms with Crippen LogP contribution in [-0.4, -0.2) is 16.1 Å². The second kappa shape index (κ2) is 4.80. The van der Waals surface area contributed by atoms with Crippen molar-refractivity contribution in [2.75, 3.05) is 0 Å². The van der Waals surface area contributed by atoms with E-state index in [2.05, 4.69) is 11.1 Å². The molecule has 0 radical (unpaired) electrons. The van der Waals surface area contributed by atoms with E-state index in [0.717, 1.165) is 34.6 Å². The number of carbonyl (C=O) groups is 1. The Morgan fingerprint density at radius 3 is 2.30 bits per heavy atom. The predicted octanol–water partition coefficient (Wildman–Crippen LogP) is 4.47. The van der Waals surface area contributed by atoms with Crippen molar-refractivity contribution in [1.29, 1.82) is 0 Å². The van der Waals surface area contributed by atoms with Gasteiger partial charge in [0.25, 0.3) is 0 Å². The molecule has 3 nitrogen and oxygen atoms in total. The van der Waals surface area contributed by atoms with Gasteiger partial charge in [-0.2, -0.15) is 0 Å². The van der Waals surface area contributed by atoms with Gasteiger partial charge in [-0.25, -0.2) is 9.78 Å². The standard InChI is InChI=1S/C20H21NO2/c22-20(23)18-10-16(15-3-1-2-4-17(15)21-18)19-13-6-11-5-12(8-13)9-14(19)7-11/h1-4,10-14,19H,5-9H2,(H,22,23). The molecule has 3 heteroatoms. The number of aromatic nitrogens is 1. The van der Waals surface area contributed by atoms with Crippen LogP contribution in [0.25, 0.3) is 10.9 Å². The zero-order valence-corrected chi connectivity index (χ0v) is 13.1. The number of para-hydroxylation sites is 1. The monoisotopic (exact) mass is 307 g/mol. The van der Waals surface area contributed by atoms with Crippen LogP contribution in [0.3, 0.4) is 0 Å². The molecule has 118 valence electrons. The van der Waals surface area contributed by atoms with E-state index in [9.17, 15) is 9.90 Å². The number of carboxylic acid groups (broad SMARTS) is 1.